The van der Waals surface area contributed by atoms with Gasteiger partial charge in [-0.05, 0) is 87.1 Å². The van der Waals surface area contributed by atoms with Crippen molar-refractivity contribution in [2.24, 2.45) is 5.92 Å². The minimum atomic E-state index is -1.55. The number of benzene rings is 1. The number of carbonyl (C=O) groups is 2. The first-order chi connectivity index (χ1) is 28.2. The van der Waals surface area contributed by atoms with Gasteiger partial charge in [0.1, 0.15) is 48.8 Å². The molecule has 16 nitrogen and oxygen atoms in total. The molecule has 0 bridgehead atoms. The maximum Gasteiger partial charge on any atom is 0.254 e. The third kappa shape index (κ3) is 12.9. The van der Waals surface area contributed by atoms with E-state index < -0.39 is 102 Å². The molecule has 3 aliphatic rings. The minimum absolute atomic E-state index is 0.00450. The Morgan fingerprint density at radius 2 is 1.21 bits per heavy atom. The van der Waals surface area contributed by atoms with Gasteiger partial charge in [-0.15, -0.1) is 0 Å². The molecule has 3 fully saturated rings. The van der Waals surface area contributed by atoms with Gasteiger partial charge in [0.15, 0.2) is 18.5 Å². The lowest BCUT2D eigenvalue weighted by molar-refractivity contribution is -0.293. The van der Waals surface area contributed by atoms with Gasteiger partial charge in [0, 0.05) is 20.6 Å². The molecule has 3 saturated heterocycles. The van der Waals surface area contributed by atoms with Crippen LogP contribution < -0.4 is 0 Å². The second-order valence-corrected chi connectivity index (χ2v) is 19.6. The molecule has 4 N–H and O–H groups in total. The molecule has 4 rings (SSSR count). The fourth-order valence-corrected chi connectivity index (χ4v) is 7.97. The zero-order valence-corrected chi connectivity index (χ0v) is 38.9. The summed E-state index contributed by atoms with van der Waals surface area (Å²) >= 11 is 0. The van der Waals surface area contributed by atoms with Crippen LogP contribution in [0.2, 0.25) is 0 Å². The van der Waals surface area contributed by atoms with Crippen LogP contribution in [0.4, 0.5) is 0 Å². The second-order valence-electron chi connectivity index (χ2n) is 19.6. The van der Waals surface area contributed by atoms with E-state index in [4.69, 9.17) is 37.9 Å². The minimum Gasteiger partial charge on any atom is -0.387 e. The molecule has 350 valence electrons. The lowest BCUT2D eigenvalue weighted by atomic mass is 9.85. The molecule has 2 amide bonds. The number of aliphatic hydroxyl groups is 4. The van der Waals surface area contributed by atoms with Crippen molar-refractivity contribution in [3.05, 3.63) is 35.9 Å². The summed E-state index contributed by atoms with van der Waals surface area (Å²) in [6.07, 6.45) is -14.1. The predicted molar refractivity (Wildman–Crippen MR) is 225 cm³/mol. The van der Waals surface area contributed by atoms with Crippen LogP contribution in [0.5, 0.6) is 0 Å². The summed E-state index contributed by atoms with van der Waals surface area (Å²) in [6.45, 7) is 23.0. The smallest absolute Gasteiger partial charge is 0.254 e. The van der Waals surface area contributed by atoms with Crippen LogP contribution >= 0.6 is 0 Å². The molecule has 10 atom stereocenters. The predicted octanol–water partition coefficient (Wildman–Crippen LogP) is 2.83. The zero-order chi connectivity index (χ0) is 45.8. The van der Waals surface area contributed by atoms with E-state index in [1.807, 2.05) is 71.9 Å². The lowest BCUT2D eigenvalue weighted by Gasteiger charge is -2.50. The molecule has 3 aliphatic heterocycles. The Balaban J connectivity index is 1.52. The van der Waals surface area contributed by atoms with E-state index in [1.165, 1.54) is 9.80 Å². The number of amides is 2. The first kappa shape index (κ1) is 51.3. The van der Waals surface area contributed by atoms with Crippen LogP contribution in [0.15, 0.2) is 30.3 Å². The first-order valence-electron chi connectivity index (χ1n) is 21.7. The number of hydrogen-bond acceptors (Lipinski definition) is 14. The number of nitrogens with zero attached hydrogens (tertiary/aromatic N) is 2. The van der Waals surface area contributed by atoms with Crippen LogP contribution in [0.3, 0.4) is 0 Å². The van der Waals surface area contributed by atoms with Gasteiger partial charge in [-0.25, -0.2) is 0 Å². The van der Waals surface area contributed by atoms with Crippen molar-refractivity contribution < 1.29 is 67.9 Å². The first-order valence-corrected chi connectivity index (χ1v) is 21.7. The number of rotatable bonds is 19. The van der Waals surface area contributed by atoms with Gasteiger partial charge >= 0.3 is 0 Å². The van der Waals surface area contributed by atoms with Crippen LogP contribution in [0.25, 0.3) is 0 Å². The molecule has 0 saturated carbocycles. The number of likely N-dealkylation sites (N-methyl/N-ethyl adjacent to an activating group) is 2. The van der Waals surface area contributed by atoms with Gasteiger partial charge < -0.3 is 68.1 Å². The molecule has 3 heterocycles. The Bertz CT molecular complexity index is 1550. The summed E-state index contributed by atoms with van der Waals surface area (Å²) in [5.74, 6) is -0.928. The normalized spacial score (nSPS) is 29.6. The van der Waals surface area contributed by atoms with Gasteiger partial charge in [0.2, 0.25) is 0 Å². The molecule has 1 aromatic carbocycles. The highest BCUT2D eigenvalue weighted by Crippen LogP contribution is 2.38. The molecule has 0 aliphatic carbocycles. The molecule has 0 spiro atoms. The van der Waals surface area contributed by atoms with Crippen LogP contribution in [0.1, 0.15) is 95.1 Å². The van der Waals surface area contributed by atoms with Crippen molar-refractivity contribution in [3.8, 4) is 0 Å². The maximum atomic E-state index is 14.2. The van der Waals surface area contributed by atoms with Crippen LogP contribution in [0, 0.1) is 5.92 Å². The van der Waals surface area contributed by atoms with E-state index >= 15 is 0 Å². The Labute approximate surface area is 363 Å². The standard InChI is InChI=1S/C45H76N2O14/c1-26(2)43(7,8)61-35-31(49)32(50)38(57-37(35)40(52)46(13)24-28-18-16-15-17-19-28)44(9,10)56-21-20-42(5,6)60-34-30(48)33(51)39(45(11,12)59-27(3)4)58-36(34)41(53)47(14)25-29-54-22-23-55-29/h15-19,26-27,29-39,48-51H,20-25H2,1-14H3/t30-,31-,32+,33+,34+,35+,36?,37?,38-,39-/m1/s1. The van der Waals surface area contributed by atoms with Crippen molar-refractivity contribution in [1.82, 2.24) is 9.80 Å². The summed E-state index contributed by atoms with van der Waals surface area (Å²) in [5, 5.41) is 46.4. The topological polar surface area (TPSA) is 195 Å². The third-order valence-electron chi connectivity index (χ3n) is 12.2. The Hall–Kier alpha value is -2.32. The van der Waals surface area contributed by atoms with Crippen molar-refractivity contribution in [1.29, 1.82) is 0 Å². The molecule has 2 unspecified atom stereocenters. The van der Waals surface area contributed by atoms with E-state index in [0.717, 1.165) is 5.56 Å². The summed E-state index contributed by atoms with van der Waals surface area (Å²) in [7, 11) is 3.23. The quantitative estimate of drug-likeness (QED) is 0.159. The zero-order valence-electron chi connectivity index (χ0n) is 38.9. The summed E-state index contributed by atoms with van der Waals surface area (Å²) in [4.78, 5) is 31.2. The van der Waals surface area contributed by atoms with Crippen molar-refractivity contribution in [2.45, 2.75) is 192 Å². The molecule has 16 heteroatoms. The fourth-order valence-electron chi connectivity index (χ4n) is 7.97. The average Bonchev–Trinajstić information content (AvgIpc) is 3.67. The highest BCUT2D eigenvalue weighted by molar-refractivity contribution is 5.82. The largest absolute Gasteiger partial charge is 0.387 e. The summed E-state index contributed by atoms with van der Waals surface area (Å²) in [6, 6.07) is 9.49. The highest BCUT2D eigenvalue weighted by Gasteiger charge is 2.57. The van der Waals surface area contributed by atoms with E-state index in [2.05, 4.69) is 0 Å². The van der Waals surface area contributed by atoms with Gasteiger partial charge in [-0.3, -0.25) is 9.59 Å². The summed E-state index contributed by atoms with van der Waals surface area (Å²) in [5.41, 5.74) is -3.32. The number of carbonyl (C=O) groups excluding carboxylic acids is 2. The van der Waals surface area contributed by atoms with E-state index in [0.29, 0.717) is 13.2 Å². The van der Waals surface area contributed by atoms with Crippen molar-refractivity contribution in [3.63, 3.8) is 0 Å². The van der Waals surface area contributed by atoms with Crippen LogP contribution in [-0.4, -0.2) is 178 Å². The van der Waals surface area contributed by atoms with Crippen molar-refractivity contribution in [2.75, 3.05) is 40.5 Å². The molecule has 0 radical (unpaired) electrons. The number of ether oxygens (including phenoxy) is 8. The molecule has 61 heavy (non-hydrogen) atoms. The Morgan fingerprint density at radius 1 is 0.721 bits per heavy atom. The monoisotopic (exact) mass is 869 g/mol. The Kier molecular flexibility index (Phi) is 17.4. The van der Waals surface area contributed by atoms with Crippen molar-refractivity contribution >= 4 is 11.8 Å². The molecule has 0 aromatic heterocycles. The van der Waals surface area contributed by atoms with Gasteiger partial charge in [0.25, 0.3) is 11.8 Å². The highest BCUT2D eigenvalue weighted by atomic mass is 16.7. The van der Waals surface area contributed by atoms with Gasteiger partial charge in [0.05, 0.1) is 54.9 Å². The lowest BCUT2D eigenvalue weighted by Crippen LogP contribution is -2.68. The fraction of sp³-hybridized carbons (Fsp3) is 0.822. The Morgan fingerprint density at radius 3 is 1.72 bits per heavy atom. The number of aliphatic hydroxyl groups excluding tert-OH is 4. The van der Waals surface area contributed by atoms with E-state index in [1.54, 1.807) is 55.6 Å². The molecular weight excluding hydrogens is 792 g/mol. The second kappa shape index (κ2) is 20.7. The maximum absolute atomic E-state index is 14.2. The van der Waals surface area contributed by atoms with E-state index in [-0.39, 0.29) is 38.1 Å². The molecule has 1 aromatic rings. The SMILES string of the molecule is CC(C)OC(C)(C)[C@@H]1OC(C(=O)N(C)CC2OCCO2)[C@@H](OC(C)(C)CCOC(C)(C)[C@@H]2OC(C(=O)N(C)Cc3ccccc3)[C@@H](OC(C)(C)C(C)C)[C@H](O)[C@@H]2O)[C@H](O)[C@@H]1O. The van der Waals surface area contributed by atoms with Gasteiger partial charge in [-0.1, -0.05) is 44.2 Å². The summed E-state index contributed by atoms with van der Waals surface area (Å²) < 4.78 is 49.3. The molecular formula is C45H76N2O14. The van der Waals surface area contributed by atoms with Gasteiger partial charge in [-0.2, -0.15) is 0 Å². The average molecular weight is 869 g/mol. The number of hydrogen-bond donors (Lipinski definition) is 4. The van der Waals surface area contributed by atoms with E-state index in [9.17, 15) is 30.0 Å². The van der Waals surface area contributed by atoms with Crippen LogP contribution in [-0.2, 0) is 54.0 Å². The third-order valence-corrected chi connectivity index (χ3v) is 12.2.